The van der Waals surface area contributed by atoms with Crippen LogP contribution in [0.3, 0.4) is 0 Å². The Labute approximate surface area is 68.6 Å². The highest BCUT2D eigenvalue weighted by Crippen LogP contribution is 2.15. The second-order valence-electron chi connectivity index (χ2n) is 3.57. The molecule has 0 radical (unpaired) electrons. The summed E-state index contributed by atoms with van der Waals surface area (Å²) < 4.78 is 0. The first-order valence-electron chi connectivity index (χ1n) is 4.45. The number of likely N-dealkylation sites (tertiary alicyclic amines) is 1. The molecule has 11 heavy (non-hydrogen) atoms. The van der Waals surface area contributed by atoms with E-state index in [1.165, 1.54) is 19.3 Å². The fraction of sp³-hybridized carbons (Fsp3) is 0.889. The average Bonchev–Trinajstić information content (AvgIpc) is 2.13. The molecule has 1 saturated heterocycles. The second kappa shape index (κ2) is 3.74. The number of rotatable bonds is 0. The summed E-state index contributed by atoms with van der Waals surface area (Å²) in [6, 6.07) is 0. The number of amides is 1. The van der Waals surface area contributed by atoms with Crippen molar-refractivity contribution < 1.29 is 4.79 Å². The van der Waals surface area contributed by atoms with Crippen molar-refractivity contribution in [1.29, 1.82) is 0 Å². The molecule has 0 aliphatic carbocycles. The quantitative estimate of drug-likeness (QED) is 0.521. The molecule has 2 heteroatoms. The third-order valence-electron chi connectivity index (χ3n) is 2.35. The van der Waals surface area contributed by atoms with Crippen LogP contribution in [0.25, 0.3) is 0 Å². The Morgan fingerprint density at radius 3 is 2.82 bits per heavy atom. The van der Waals surface area contributed by atoms with Crippen molar-refractivity contribution in [3.8, 4) is 0 Å². The maximum Gasteiger partial charge on any atom is 0.219 e. The Morgan fingerprint density at radius 2 is 2.18 bits per heavy atom. The van der Waals surface area contributed by atoms with E-state index in [9.17, 15) is 4.79 Å². The van der Waals surface area contributed by atoms with Crippen LogP contribution in [0.15, 0.2) is 0 Å². The van der Waals surface area contributed by atoms with Crippen molar-refractivity contribution in [2.45, 2.75) is 33.1 Å². The summed E-state index contributed by atoms with van der Waals surface area (Å²) in [6.45, 7) is 5.83. The first-order chi connectivity index (χ1) is 5.20. The van der Waals surface area contributed by atoms with Crippen LogP contribution < -0.4 is 0 Å². The monoisotopic (exact) mass is 155 g/mol. The van der Waals surface area contributed by atoms with E-state index in [1.54, 1.807) is 6.92 Å². The number of carbonyl (C=O) groups is 1. The molecule has 0 unspecified atom stereocenters. The lowest BCUT2D eigenvalue weighted by Gasteiger charge is -2.20. The highest BCUT2D eigenvalue weighted by molar-refractivity contribution is 5.73. The predicted octanol–water partition coefficient (Wildman–Crippen LogP) is 1.65. The van der Waals surface area contributed by atoms with Crippen molar-refractivity contribution >= 4 is 5.91 Å². The number of hydrogen-bond acceptors (Lipinski definition) is 1. The second-order valence-corrected chi connectivity index (χ2v) is 3.57. The lowest BCUT2D eigenvalue weighted by atomic mass is 10.1. The molecular weight excluding hydrogens is 138 g/mol. The van der Waals surface area contributed by atoms with Crippen molar-refractivity contribution in [3.05, 3.63) is 0 Å². The minimum atomic E-state index is 0.235. The van der Waals surface area contributed by atoms with E-state index in [0.717, 1.165) is 13.1 Å². The predicted molar refractivity (Wildman–Crippen MR) is 45.3 cm³/mol. The van der Waals surface area contributed by atoms with Gasteiger partial charge in [0, 0.05) is 20.0 Å². The standard InChI is InChI=1S/C9H17NO/c1-8-5-3-4-6-10(7-8)9(2)11/h8H,3-7H2,1-2H3/t8-/m1/s1. The summed E-state index contributed by atoms with van der Waals surface area (Å²) in [4.78, 5) is 13.0. The molecule has 2 nitrogen and oxygen atoms in total. The zero-order valence-corrected chi connectivity index (χ0v) is 7.47. The molecule has 0 spiro atoms. The van der Waals surface area contributed by atoms with Gasteiger partial charge in [-0.05, 0) is 18.8 Å². The molecule has 1 atom stereocenters. The highest BCUT2D eigenvalue weighted by Gasteiger charge is 2.15. The maximum absolute atomic E-state index is 11.0. The van der Waals surface area contributed by atoms with Crippen molar-refractivity contribution in [2.24, 2.45) is 5.92 Å². The molecule has 1 amide bonds. The summed E-state index contributed by atoms with van der Waals surface area (Å²) in [6.07, 6.45) is 3.75. The van der Waals surface area contributed by atoms with E-state index in [-0.39, 0.29) is 5.91 Å². The van der Waals surface area contributed by atoms with E-state index in [4.69, 9.17) is 0 Å². The largest absolute Gasteiger partial charge is 0.343 e. The highest BCUT2D eigenvalue weighted by atomic mass is 16.2. The van der Waals surface area contributed by atoms with Gasteiger partial charge in [-0.25, -0.2) is 0 Å². The van der Waals surface area contributed by atoms with Gasteiger partial charge >= 0.3 is 0 Å². The van der Waals surface area contributed by atoms with E-state index >= 15 is 0 Å². The van der Waals surface area contributed by atoms with Gasteiger partial charge in [-0.15, -0.1) is 0 Å². The zero-order chi connectivity index (χ0) is 8.27. The topological polar surface area (TPSA) is 20.3 Å². The van der Waals surface area contributed by atoms with Gasteiger partial charge in [0.2, 0.25) is 5.91 Å². The van der Waals surface area contributed by atoms with Gasteiger partial charge < -0.3 is 4.90 Å². The number of hydrogen-bond donors (Lipinski definition) is 0. The Bertz CT molecular complexity index is 144. The minimum Gasteiger partial charge on any atom is -0.343 e. The van der Waals surface area contributed by atoms with E-state index in [2.05, 4.69) is 6.92 Å². The van der Waals surface area contributed by atoms with Gasteiger partial charge in [0.25, 0.3) is 0 Å². The smallest absolute Gasteiger partial charge is 0.219 e. The molecule has 64 valence electrons. The SMILES string of the molecule is CC(=O)N1CCCC[C@@H](C)C1. The van der Waals surface area contributed by atoms with E-state index < -0.39 is 0 Å². The van der Waals surface area contributed by atoms with Crippen LogP contribution in [0.5, 0.6) is 0 Å². The van der Waals surface area contributed by atoms with Crippen LogP contribution >= 0.6 is 0 Å². The molecular formula is C9H17NO. The molecule has 1 aliphatic heterocycles. The van der Waals surface area contributed by atoms with Crippen LogP contribution in [0.2, 0.25) is 0 Å². The lowest BCUT2D eigenvalue weighted by molar-refractivity contribution is -0.129. The van der Waals surface area contributed by atoms with E-state index in [1.807, 2.05) is 4.90 Å². The van der Waals surface area contributed by atoms with Gasteiger partial charge in [-0.2, -0.15) is 0 Å². The lowest BCUT2D eigenvalue weighted by Crippen LogP contribution is -2.31. The van der Waals surface area contributed by atoms with Gasteiger partial charge in [0.1, 0.15) is 0 Å². The average molecular weight is 155 g/mol. The molecule has 1 aliphatic rings. The first kappa shape index (κ1) is 8.57. The first-order valence-corrected chi connectivity index (χ1v) is 4.45. The van der Waals surface area contributed by atoms with Crippen LogP contribution in [-0.4, -0.2) is 23.9 Å². The fourth-order valence-electron chi connectivity index (χ4n) is 1.64. The molecule has 1 heterocycles. The van der Waals surface area contributed by atoms with Crippen LogP contribution in [-0.2, 0) is 4.79 Å². The summed E-state index contributed by atoms with van der Waals surface area (Å²) >= 11 is 0. The maximum atomic E-state index is 11.0. The zero-order valence-electron chi connectivity index (χ0n) is 7.47. The molecule has 0 aromatic heterocycles. The van der Waals surface area contributed by atoms with Crippen LogP contribution in [0, 0.1) is 5.92 Å². The van der Waals surface area contributed by atoms with Crippen molar-refractivity contribution in [2.75, 3.05) is 13.1 Å². The van der Waals surface area contributed by atoms with E-state index in [0.29, 0.717) is 5.92 Å². The van der Waals surface area contributed by atoms with Gasteiger partial charge in [0.15, 0.2) is 0 Å². The summed E-state index contributed by atoms with van der Waals surface area (Å²) in [5, 5.41) is 0. The van der Waals surface area contributed by atoms with Gasteiger partial charge in [0.05, 0.1) is 0 Å². The summed E-state index contributed by atoms with van der Waals surface area (Å²) in [7, 11) is 0. The van der Waals surface area contributed by atoms with Crippen molar-refractivity contribution in [3.63, 3.8) is 0 Å². The minimum absolute atomic E-state index is 0.235. The number of carbonyl (C=O) groups excluding carboxylic acids is 1. The normalized spacial score (nSPS) is 26.4. The Morgan fingerprint density at radius 1 is 1.45 bits per heavy atom. The molecule has 0 N–H and O–H groups in total. The van der Waals surface area contributed by atoms with Crippen LogP contribution in [0.1, 0.15) is 33.1 Å². The summed E-state index contributed by atoms with van der Waals surface area (Å²) in [5.74, 6) is 0.931. The third-order valence-corrected chi connectivity index (χ3v) is 2.35. The van der Waals surface area contributed by atoms with Gasteiger partial charge in [-0.3, -0.25) is 4.79 Å². The Balaban J connectivity index is 2.45. The number of nitrogens with zero attached hydrogens (tertiary/aromatic N) is 1. The van der Waals surface area contributed by atoms with Gasteiger partial charge in [-0.1, -0.05) is 13.3 Å². The van der Waals surface area contributed by atoms with Crippen molar-refractivity contribution in [1.82, 2.24) is 4.90 Å². The fourth-order valence-corrected chi connectivity index (χ4v) is 1.64. The molecule has 0 bridgehead atoms. The third kappa shape index (κ3) is 2.52. The molecule has 0 aromatic rings. The van der Waals surface area contributed by atoms with Crippen LogP contribution in [0.4, 0.5) is 0 Å². The Hall–Kier alpha value is -0.530. The molecule has 0 aromatic carbocycles. The Kier molecular flexibility index (Phi) is 2.92. The molecule has 1 fully saturated rings. The molecule has 0 saturated carbocycles. The molecule has 1 rings (SSSR count). The summed E-state index contributed by atoms with van der Waals surface area (Å²) in [5.41, 5.74) is 0.